The fourth-order valence-electron chi connectivity index (χ4n) is 3.75. The monoisotopic (exact) mass is 596 g/mol. The molecule has 190 valence electrons. The lowest BCUT2D eigenvalue weighted by Crippen LogP contribution is -2.36. The van der Waals surface area contributed by atoms with Crippen molar-refractivity contribution in [3.63, 3.8) is 0 Å². The smallest absolute Gasteiger partial charge is 0.265 e. The zero-order valence-electron chi connectivity index (χ0n) is 18.1. The normalized spacial score (nSPS) is 15.8. The molecule has 35 heavy (non-hydrogen) atoms. The van der Waals surface area contributed by atoms with Crippen LogP contribution in [0.25, 0.3) is 16.3 Å². The zero-order chi connectivity index (χ0) is 25.4. The van der Waals surface area contributed by atoms with Crippen LogP contribution in [0.5, 0.6) is 0 Å². The molecule has 0 saturated carbocycles. The first-order valence-electron chi connectivity index (χ1n) is 10.4. The molecule has 8 nitrogen and oxygen atoms in total. The third kappa shape index (κ3) is 7.04. The van der Waals surface area contributed by atoms with Crippen molar-refractivity contribution in [2.24, 2.45) is 0 Å². The fourth-order valence-corrected chi connectivity index (χ4v) is 7.36. The van der Waals surface area contributed by atoms with E-state index in [0.717, 1.165) is 30.8 Å². The van der Waals surface area contributed by atoms with E-state index in [9.17, 15) is 26.6 Å². The first-order chi connectivity index (χ1) is 16.4. The molecule has 4 rings (SSSR count). The van der Waals surface area contributed by atoms with Crippen molar-refractivity contribution in [3.05, 3.63) is 56.5 Å². The number of thioether (sulfide) groups is 1. The standard InChI is InChI=1S/C21H22Cl2N2O6S4/c22-14-3-5-18-16(11-14)24(7-1-9-34(26,27)28)20(32-18)13-21-25(8-2-10-35(29,30)31)17-12-15(23)4-6-19(17)33-21/h3-6,11-13H,1-2,7-10H2,(H3-,26,27,28,29,30,31). The molecule has 2 aromatic carbocycles. The van der Waals surface area contributed by atoms with Gasteiger partial charge < -0.3 is 23.1 Å². The Morgan fingerprint density at radius 3 is 2.46 bits per heavy atom. The summed E-state index contributed by atoms with van der Waals surface area (Å²) in [5.41, 5.74) is 1.71. The Hall–Kier alpha value is -1.06. The largest absolute Gasteiger partial charge is 0.748 e. The van der Waals surface area contributed by atoms with Crippen LogP contribution >= 0.6 is 57.2 Å². The molecule has 1 aliphatic heterocycles. The van der Waals surface area contributed by atoms with Crippen LogP contribution < -0.4 is 9.47 Å². The maximum absolute atomic E-state index is 11.1. The van der Waals surface area contributed by atoms with Crippen molar-refractivity contribution < 1.29 is 31.2 Å². The predicted molar refractivity (Wildman–Crippen MR) is 144 cm³/mol. The number of rotatable bonds is 9. The molecule has 3 N–H and O–H groups in total. The summed E-state index contributed by atoms with van der Waals surface area (Å²) >= 11 is 15.5. The number of benzene rings is 2. The third-order valence-electron chi connectivity index (χ3n) is 5.21. The molecule has 0 saturated heterocycles. The van der Waals surface area contributed by atoms with E-state index in [1.165, 1.54) is 23.1 Å². The molecule has 1 aliphatic rings. The minimum absolute atomic E-state index is 0.150. The Labute approximate surface area is 223 Å². The Bertz CT molecular complexity index is 1390. The van der Waals surface area contributed by atoms with Crippen LogP contribution in [-0.4, -0.2) is 44.7 Å². The van der Waals surface area contributed by atoms with Gasteiger partial charge in [0.05, 0.1) is 37.8 Å². The molecule has 1 aromatic heterocycles. The highest BCUT2D eigenvalue weighted by molar-refractivity contribution is 8.19. The summed E-state index contributed by atoms with van der Waals surface area (Å²) in [4.78, 5) is 2.98. The third-order valence-corrected chi connectivity index (χ3v) is 9.53. The lowest BCUT2D eigenvalue weighted by Gasteiger charge is -2.23. The molecule has 2 heterocycles. The summed E-state index contributed by atoms with van der Waals surface area (Å²) in [7, 11) is -7.93. The molecule has 0 aliphatic carbocycles. The summed E-state index contributed by atoms with van der Waals surface area (Å²) in [5.74, 6) is -0.616. The number of aryl methyl sites for hydroxylation is 1. The number of anilines is 1. The van der Waals surface area contributed by atoms with Gasteiger partial charge in [-0.25, -0.2) is 8.42 Å². The number of fused-ring (bicyclic) bond motifs is 2. The van der Waals surface area contributed by atoms with Gasteiger partial charge in [-0.2, -0.15) is 4.57 Å². The number of halogens is 2. The first-order valence-corrected chi connectivity index (χ1v) is 16.0. The van der Waals surface area contributed by atoms with Crippen LogP contribution in [0.2, 0.25) is 10.0 Å². The number of hydrogen-bond acceptors (Lipinski definition) is 9. The summed E-state index contributed by atoms with van der Waals surface area (Å²) in [6, 6.07) is 11.0. The quantitative estimate of drug-likeness (QED) is 0.204. The number of hydrogen-bond donors (Lipinski definition) is 3. The molecule has 0 unspecified atom stereocenters. The average Bonchev–Trinajstić information content (AvgIpc) is 3.24. The zero-order valence-corrected chi connectivity index (χ0v) is 22.9. The summed E-state index contributed by atoms with van der Waals surface area (Å²) < 4.78 is 64.4. The highest BCUT2D eigenvalue weighted by Crippen LogP contribution is 2.48. The fraction of sp³-hybridized carbons (Fsp3) is 0.286. The topological polar surface area (TPSA) is 125 Å². The Balaban J connectivity index is 1.72. The van der Waals surface area contributed by atoms with E-state index in [-0.39, 0.29) is 12.2 Å². The van der Waals surface area contributed by atoms with E-state index in [0.29, 0.717) is 29.6 Å². The Morgan fingerprint density at radius 2 is 1.74 bits per heavy atom. The summed E-state index contributed by atoms with van der Waals surface area (Å²) in [6.45, 7) is 0.726. The molecule has 14 heteroatoms. The lowest BCUT2D eigenvalue weighted by molar-refractivity contribution is -0.668. The average molecular weight is 598 g/mol. The van der Waals surface area contributed by atoms with Crippen molar-refractivity contribution in [2.75, 3.05) is 23.0 Å². The highest BCUT2D eigenvalue weighted by atomic mass is 35.5. The molecular weight excluding hydrogens is 575 g/mol. The van der Waals surface area contributed by atoms with Gasteiger partial charge >= 0.3 is 0 Å². The van der Waals surface area contributed by atoms with Crippen molar-refractivity contribution in [1.82, 2.24) is 0 Å². The van der Waals surface area contributed by atoms with E-state index >= 15 is 0 Å². The van der Waals surface area contributed by atoms with E-state index in [2.05, 4.69) is 0 Å². The first kappa shape index (κ1) is 27.0. The van der Waals surface area contributed by atoms with Gasteiger partial charge in [-0.05, 0) is 36.8 Å². The molecule has 3 aromatic rings. The highest BCUT2D eigenvalue weighted by Gasteiger charge is 2.29. The van der Waals surface area contributed by atoms with Crippen LogP contribution in [0.15, 0.2) is 46.3 Å². The summed E-state index contributed by atoms with van der Waals surface area (Å²) in [6.07, 6.45) is 2.46. The van der Waals surface area contributed by atoms with Crippen molar-refractivity contribution in [2.45, 2.75) is 24.3 Å². The Kier molecular flexibility index (Phi) is 8.28. The minimum Gasteiger partial charge on any atom is -0.748 e. The van der Waals surface area contributed by atoms with Crippen LogP contribution in [0.1, 0.15) is 17.8 Å². The van der Waals surface area contributed by atoms with E-state index in [1.54, 1.807) is 18.2 Å². The molecule has 0 spiro atoms. The molecule has 0 bridgehead atoms. The minimum atomic E-state index is -4.33. The number of nitrogens with zero attached hydrogens (tertiary/aromatic N) is 2. The van der Waals surface area contributed by atoms with Gasteiger partial charge in [0, 0.05) is 45.5 Å². The van der Waals surface area contributed by atoms with Crippen molar-refractivity contribution in [3.8, 4) is 0 Å². The van der Waals surface area contributed by atoms with Gasteiger partial charge in [0.15, 0.2) is 6.54 Å². The van der Waals surface area contributed by atoms with E-state index < -0.39 is 26.7 Å². The second-order valence-corrected chi connectivity index (χ2v) is 14.1. The van der Waals surface area contributed by atoms with E-state index in [1.807, 2.05) is 33.7 Å². The molecule has 0 radical (unpaired) electrons. The van der Waals surface area contributed by atoms with Gasteiger partial charge in [-0.15, -0.1) is 0 Å². The van der Waals surface area contributed by atoms with Crippen LogP contribution in [0.4, 0.5) is 5.69 Å². The second kappa shape index (κ2) is 10.7. The van der Waals surface area contributed by atoms with Gasteiger partial charge in [-0.1, -0.05) is 46.3 Å². The molecule has 0 atom stereocenters. The molecule has 0 amide bonds. The van der Waals surface area contributed by atoms with Gasteiger partial charge in [-0.3, -0.25) is 0 Å². The van der Waals surface area contributed by atoms with Gasteiger partial charge in [0.25, 0.3) is 5.01 Å². The van der Waals surface area contributed by atoms with Crippen LogP contribution in [0.3, 0.4) is 0 Å². The van der Waals surface area contributed by atoms with Crippen molar-refractivity contribution >= 4 is 89.3 Å². The second-order valence-electron chi connectivity index (χ2n) is 7.86. The number of aromatic nitrogens is 1. The van der Waals surface area contributed by atoms with E-state index in [4.69, 9.17) is 23.2 Å². The molecule has 0 fully saturated rings. The maximum Gasteiger partial charge on any atom is 0.265 e. The van der Waals surface area contributed by atoms with Gasteiger partial charge in [0.1, 0.15) is 4.70 Å². The SMILES string of the molecule is O=S(=O)([O-])CCC[n+]1c(C=C2Sc3ccc(Cl)cc3N2CCCS(O)(O)O)sc2ccc(Cl)cc21. The number of thiazole rings is 1. The Morgan fingerprint density at radius 1 is 1.03 bits per heavy atom. The van der Waals surface area contributed by atoms with Gasteiger partial charge in [0.2, 0.25) is 5.52 Å². The lowest BCUT2D eigenvalue weighted by atomic mass is 10.2. The predicted octanol–water partition coefficient (Wildman–Crippen LogP) is 5.96. The van der Waals surface area contributed by atoms with Crippen molar-refractivity contribution in [1.29, 1.82) is 0 Å². The van der Waals surface area contributed by atoms with Crippen LogP contribution in [-0.2, 0) is 16.7 Å². The van der Waals surface area contributed by atoms with Crippen LogP contribution in [0, 0.1) is 0 Å². The molecular formula is C21H22Cl2N2O6S4. The summed E-state index contributed by atoms with van der Waals surface area (Å²) in [5, 5.41) is 2.80. The maximum atomic E-state index is 11.1.